The number of quaternary nitrogens is 1. The van der Waals surface area contributed by atoms with Gasteiger partial charge in [-0.1, -0.05) is 57.2 Å². The summed E-state index contributed by atoms with van der Waals surface area (Å²) in [5.74, 6) is 0.776. The molecule has 0 aliphatic rings. The van der Waals surface area contributed by atoms with E-state index >= 15 is 0 Å². The van der Waals surface area contributed by atoms with Crippen LogP contribution in [0.5, 0.6) is 5.75 Å². The first kappa shape index (κ1) is 28.4. The predicted molar refractivity (Wildman–Crippen MR) is 127 cm³/mol. The monoisotopic (exact) mass is 463 g/mol. The van der Waals surface area contributed by atoms with Gasteiger partial charge in [0.1, 0.15) is 0 Å². The Morgan fingerprint density at radius 1 is 0.906 bits per heavy atom. The Morgan fingerprint density at radius 2 is 1.53 bits per heavy atom. The lowest BCUT2D eigenvalue weighted by atomic mass is 9.81. The molecule has 2 aromatic carbocycles. The molecule has 2 unspecified atom stereocenters. The van der Waals surface area contributed by atoms with Crippen LogP contribution in [0.1, 0.15) is 71.6 Å². The van der Waals surface area contributed by atoms with E-state index in [1.165, 1.54) is 16.7 Å². The fourth-order valence-corrected chi connectivity index (χ4v) is 4.35. The maximum absolute atomic E-state index is 6.76. The molecule has 2 atom stereocenters. The molecule has 0 aliphatic carbocycles. The minimum absolute atomic E-state index is 0. The van der Waals surface area contributed by atoms with Crippen molar-refractivity contribution in [2.24, 2.45) is 5.41 Å². The minimum Gasteiger partial charge on any atom is -1.00 e. The van der Waals surface area contributed by atoms with Gasteiger partial charge in [0, 0.05) is 23.4 Å². The smallest absolute Gasteiger partial charge is 0.217 e. The van der Waals surface area contributed by atoms with Crippen LogP contribution >= 0.6 is 0 Å². The van der Waals surface area contributed by atoms with Gasteiger partial charge in [-0.05, 0) is 70.2 Å². The summed E-state index contributed by atoms with van der Waals surface area (Å²) in [4.78, 5) is 13.4. The SMILES string of the molecule is CCOC(C)O[N+](Cc1cccc(C)c1C)(Oc1ccccc1)C(C)(C)CC(C)(C)C.[Cl-]. The Labute approximate surface area is 201 Å². The van der Waals surface area contributed by atoms with Gasteiger partial charge < -0.3 is 17.1 Å². The number of ether oxygens (including phenoxy) is 1. The molecule has 0 bridgehead atoms. The lowest BCUT2D eigenvalue weighted by Crippen LogP contribution is -3.00. The van der Waals surface area contributed by atoms with Crippen molar-refractivity contribution in [1.82, 2.24) is 0 Å². The van der Waals surface area contributed by atoms with Crippen LogP contribution in [0.15, 0.2) is 48.5 Å². The number of aryl methyl sites for hydroxylation is 1. The highest BCUT2D eigenvalue weighted by molar-refractivity contribution is 5.32. The zero-order chi connectivity index (χ0) is 23.3. The average molecular weight is 464 g/mol. The van der Waals surface area contributed by atoms with E-state index < -0.39 is 6.29 Å². The van der Waals surface area contributed by atoms with E-state index in [4.69, 9.17) is 14.4 Å². The Kier molecular flexibility index (Phi) is 10.2. The number of hydrogen-bond acceptors (Lipinski definition) is 3. The van der Waals surface area contributed by atoms with E-state index in [-0.39, 0.29) is 28.2 Å². The summed E-state index contributed by atoms with van der Waals surface area (Å²) >= 11 is 0. The largest absolute Gasteiger partial charge is 1.00 e. The molecule has 2 rings (SSSR count). The average Bonchev–Trinajstić information content (AvgIpc) is 2.64. The molecule has 2 aromatic rings. The van der Waals surface area contributed by atoms with Gasteiger partial charge in [-0.2, -0.15) is 0 Å². The van der Waals surface area contributed by atoms with Crippen molar-refractivity contribution in [2.75, 3.05) is 6.61 Å². The molecular formula is C27H42ClNO3. The molecule has 0 amide bonds. The summed E-state index contributed by atoms with van der Waals surface area (Å²) in [6, 6.07) is 16.4. The second-order valence-corrected chi connectivity index (χ2v) is 10.3. The second-order valence-electron chi connectivity index (χ2n) is 10.3. The van der Waals surface area contributed by atoms with Gasteiger partial charge in [0.15, 0.2) is 17.8 Å². The molecule has 4 nitrogen and oxygen atoms in total. The molecular weight excluding hydrogens is 422 g/mol. The van der Waals surface area contributed by atoms with Gasteiger partial charge in [-0.3, -0.25) is 4.84 Å². The molecule has 5 heteroatoms. The van der Waals surface area contributed by atoms with E-state index in [9.17, 15) is 0 Å². The summed E-state index contributed by atoms with van der Waals surface area (Å²) in [6.45, 7) is 20.6. The normalized spacial score (nSPS) is 14.9. The summed E-state index contributed by atoms with van der Waals surface area (Å²) in [6.07, 6.45) is 0.481. The van der Waals surface area contributed by atoms with Crippen molar-refractivity contribution >= 4 is 0 Å². The summed E-state index contributed by atoms with van der Waals surface area (Å²) in [5, 5.41) is 0. The van der Waals surface area contributed by atoms with Crippen molar-refractivity contribution < 1.29 is 31.6 Å². The molecule has 0 aliphatic heterocycles. The molecule has 0 N–H and O–H groups in total. The number of benzene rings is 2. The molecule has 32 heavy (non-hydrogen) atoms. The van der Waals surface area contributed by atoms with Gasteiger partial charge >= 0.3 is 0 Å². The van der Waals surface area contributed by atoms with Crippen LogP contribution in [-0.4, -0.2) is 23.2 Å². The minimum atomic E-state index is -0.418. The zero-order valence-corrected chi connectivity index (χ0v) is 22.1. The standard InChI is InChI=1S/C27H42NO3.ClH/c1-10-29-23(4)30-28(27(8,9)20-26(5,6)7,31-25-17-12-11-13-18-25)19-24-16-14-15-21(2)22(24)3;/h11-18,23H,10,19-20H2,1-9H3;1H/q+1;/p-1. The Bertz CT molecular complexity index is 833. The number of hydrogen-bond donors (Lipinski definition) is 0. The van der Waals surface area contributed by atoms with Crippen molar-refractivity contribution in [3.63, 3.8) is 0 Å². The summed E-state index contributed by atoms with van der Waals surface area (Å²) in [5.41, 5.74) is 3.46. The maximum Gasteiger partial charge on any atom is 0.217 e. The zero-order valence-electron chi connectivity index (χ0n) is 21.4. The first-order valence-electron chi connectivity index (χ1n) is 11.4. The number of nitrogens with zero attached hydrogens (tertiary/aromatic N) is 1. The molecule has 0 fully saturated rings. The van der Waals surface area contributed by atoms with Crippen LogP contribution in [0.3, 0.4) is 0 Å². The Balaban J connectivity index is 0.00000512. The fourth-order valence-electron chi connectivity index (χ4n) is 4.35. The van der Waals surface area contributed by atoms with E-state index in [0.29, 0.717) is 13.2 Å². The quantitative estimate of drug-likeness (QED) is 0.301. The molecule has 0 saturated carbocycles. The number of halogens is 1. The van der Waals surface area contributed by atoms with Crippen LogP contribution < -0.4 is 17.2 Å². The molecule has 0 aromatic heterocycles. The van der Waals surface area contributed by atoms with Crippen molar-refractivity contribution in [1.29, 1.82) is 0 Å². The van der Waals surface area contributed by atoms with Crippen LogP contribution in [0, 0.1) is 19.3 Å². The highest BCUT2D eigenvalue weighted by Gasteiger charge is 2.53. The summed E-state index contributed by atoms with van der Waals surface area (Å²) < 4.78 is 5.83. The second kappa shape index (κ2) is 11.5. The number of hydroxylamine groups is 4. The van der Waals surface area contributed by atoms with Crippen molar-refractivity contribution in [3.8, 4) is 5.75 Å². The first-order chi connectivity index (χ1) is 14.4. The van der Waals surface area contributed by atoms with Gasteiger partial charge in [-0.15, -0.1) is 4.84 Å². The third kappa shape index (κ3) is 7.48. The fraction of sp³-hybridized carbons (Fsp3) is 0.556. The van der Waals surface area contributed by atoms with Crippen LogP contribution in [0.25, 0.3) is 0 Å². The van der Waals surface area contributed by atoms with Crippen molar-refractivity contribution in [2.45, 2.75) is 87.1 Å². The number of rotatable bonds is 10. The maximum atomic E-state index is 6.76. The van der Waals surface area contributed by atoms with Crippen LogP contribution in [-0.2, 0) is 16.1 Å². The molecule has 180 valence electrons. The molecule has 0 heterocycles. The third-order valence-electron chi connectivity index (χ3n) is 5.70. The number of para-hydroxylation sites is 1. The predicted octanol–water partition coefficient (Wildman–Crippen LogP) is 4.15. The lowest BCUT2D eigenvalue weighted by molar-refractivity contribution is -1.27. The topological polar surface area (TPSA) is 27.7 Å². The lowest BCUT2D eigenvalue weighted by Gasteiger charge is -2.46. The van der Waals surface area contributed by atoms with Gasteiger partial charge in [0.25, 0.3) is 0 Å². The molecule has 0 spiro atoms. The highest BCUT2D eigenvalue weighted by atomic mass is 35.5. The third-order valence-corrected chi connectivity index (χ3v) is 5.70. The Hall–Kier alpha value is -1.59. The van der Waals surface area contributed by atoms with E-state index in [1.807, 2.05) is 44.2 Å². The van der Waals surface area contributed by atoms with E-state index in [0.717, 1.165) is 12.2 Å². The van der Waals surface area contributed by atoms with E-state index in [1.54, 1.807) is 0 Å². The van der Waals surface area contributed by atoms with E-state index in [2.05, 4.69) is 66.7 Å². The first-order valence-corrected chi connectivity index (χ1v) is 11.4. The highest BCUT2D eigenvalue weighted by Crippen LogP contribution is 2.40. The van der Waals surface area contributed by atoms with Gasteiger partial charge in [0.2, 0.25) is 6.29 Å². The van der Waals surface area contributed by atoms with Gasteiger partial charge in [-0.25, -0.2) is 0 Å². The molecule has 0 saturated heterocycles. The summed E-state index contributed by atoms with van der Waals surface area (Å²) in [7, 11) is 0. The van der Waals surface area contributed by atoms with Gasteiger partial charge in [0.05, 0.1) is 0 Å². The molecule has 0 radical (unpaired) electrons. The van der Waals surface area contributed by atoms with Crippen molar-refractivity contribution in [3.05, 3.63) is 65.2 Å². The van der Waals surface area contributed by atoms with Crippen LogP contribution in [0.2, 0.25) is 0 Å². The Morgan fingerprint density at radius 3 is 2.09 bits per heavy atom. The van der Waals surface area contributed by atoms with Crippen LogP contribution in [0.4, 0.5) is 0 Å².